The van der Waals surface area contributed by atoms with Crippen LogP contribution in [0, 0.1) is 0 Å². The first-order chi connectivity index (χ1) is 11.7. The van der Waals surface area contributed by atoms with Crippen molar-refractivity contribution in [2.75, 3.05) is 0 Å². The molecule has 0 fully saturated rings. The smallest absolute Gasteiger partial charge is 0.144 e. The molecular formula is C23H22ClP. The molecule has 2 heteroatoms. The lowest BCUT2D eigenvalue weighted by molar-refractivity contribution is -0.00000481. The minimum atomic E-state index is -1.86. The van der Waals surface area contributed by atoms with E-state index >= 15 is 0 Å². The molecule has 0 atom stereocenters. The summed E-state index contributed by atoms with van der Waals surface area (Å²) in [5, 5.41) is 4.07. The summed E-state index contributed by atoms with van der Waals surface area (Å²) in [6, 6.07) is 32.5. The van der Waals surface area contributed by atoms with Gasteiger partial charge < -0.3 is 12.4 Å². The Labute approximate surface area is 157 Å². The van der Waals surface area contributed by atoms with Crippen LogP contribution in [0.15, 0.2) is 108 Å². The zero-order chi connectivity index (χ0) is 16.8. The molecule has 0 aliphatic rings. The van der Waals surface area contributed by atoms with Gasteiger partial charge >= 0.3 is 0 Å². The van der Waals surface area contributed by atoms with E-state index in [9.17, 15) is 0 Å². The van der Waals surface area contributed by atoms with Crippen LogP contribution >= 0.6 is 7.26 Å². The normalized spacial score (nSPS) is 10.3. The molecule has 3 rings (SSSR count). The van der Waals surface area contributed by atoms with Crippen LogP contribution in [-0.2, 0) is 0 Å². The van der Waals surface area contributed by atoms with Gasteiger partial charge in [0, 0.05) is 0 Å². The van der Waals surface area contributed by atoms with Crippen LogP contribution in [0.5, 0.6) is 0 Å². The fourth-order valence-electron chi connectivity index (χ4n) is 2.89. The first-order valence-corrected chi connectivity index (χ1v) is 10.1. The van der Waals surface area contributed by atoms with E-state index in [2.05, 4.69) is 116 Å². The monoisotopic (exact) mass is 364 g/mol. The zero-order valence-electron chi connectivity index (χ0n) is 14.6. The third-order valence-electron chi connectivity index (χ3n) is 4.04. The lowest BCUT2D eigenvalue weighted by Crippen LogP contribution is -3.00. The highest BCUT2D eigenvalue weighted by Gasteiger charge is 2.43. The summed E-state index contributed by atoms with van der Waals surface area (Å²) < 4.78 is 0. The molecule has 25 heavy (non-hydrogen) atoms. The van der Waals surface area contributed by atoms with Gasteiger partial charge in [0.25, 0.3) is 0 Å². The molecule has 0 saturated carbocycles. The first-order valence-electron chi connectivity index (χ1n) is 8.20. The SMILES string of the molecule is CC(C)=C=C[P+](c1ccccc1)(c1ccccc1)c1ccccc1.[Cl-]. The maximum Gasteiger partial charge on any atom is 0.144 e. The van der Waals surface area contributed by atoms with Gasteiger partial charge in [0.05, 0.1) is 0 Å². The molecule has 0 heterocycles. The van der Waals surface area contributed by atoms with Crippen molar-refractivity contribution in [3.63, 3.8) is 0 Å². The van der Waals surface area contributed by atoms with Gasteiger partial charge in [0.15, 0.2) is 0 Å². The van der Waals surface area contributed by atoms with Gasteiger partial charge in [-0.15, -0.1) is 0 Å². The minimum Gasteiger partial charge on any atom is -1.00 e. The van der Waals surface area contributed by atoms with Gasteiger partial charge in [-0.2, -0.15) is 0 Å². The lowest BCUT2D eigenvalue weighted by Gasteiger charge is -2.23. The number of hydrogen-bond donors (Lipinski definition) is 0. The van der Waals surface area contributed by atoms with Crippen LogP contribution < -0.4 is 28.3 Å². The standard InChI is InChI=1S/C23H22P.ClH/c1-20(2)18-19-24(21-12-6-3-7-13-21,22-14-8-4-9-15-22)23-16-10-5-11-17-23;/h3-17,19H,1-2H3;1H/q+1;/p-1. The fourth-order valence-corrected chi connectivity index (χ4v) is 6.61. The Morgan fingerprint density at radius 3 is 1.24 bits per heavy atom. The summed E-state index contributed by atoms with van der Waals surface area (Å²) in [4.78, 5) is 0. The van der Waals surface area contributed by atoms with Gasteiger partial charge in [-0.05, 0) is 55.8 Å². The second-order valence-corrected chi connectivity index (χ2v) is 9.26. The van der Waals surface area contributed by atoms with E-state index in [1.807, 2.05) is 0 Å². The second kappa shape index (κ2) is 8.84. The summed E-state index contributed by atoms with van der Waals surface area (Å²) in [5.41, 5.74) is 4.72. The quantitative estimate of drug-likeness (QED) is 0.491. The van der Waals surface area contributed by atoms with Crippen molar-refractivity contribution in [3.8, 4) is 0 Å². The van der Waals surface area contributed by atoms with E-state index in [4.69, 9.17) is 0 Å². The largest absolute Gasteiger partial charge is 1.00 e. The summed E-state index contributed by atoms with van der Waals surface area (Å²) in [6.07, 6.45) is 0. The van der Waals surface area contributed by atoms with Crippen molar-refractivity contribution in [1.29, 1.82) is 0 Å². The maximum absolute atomic E-state index is 3.52. The molecule has 0 aromatic heterocycles. The van der Waals surface area contributed by atoms with Crippen LogP contribution in [0.3, 0.4) is 0 Å². The number of halogens is 1. The third kappa shape index (κ3) is 4.12. The van der Waals surface area contributed by atoms with E-state index in [0.29, 0.717) is 0 Å². The fraction of sp³-hybridized carbons (Fsp3) is 0.0870. The van der Waals surface area contributed by atoms with Crippen molar-refractivity contribution in [2.45, 2.75) is 13.8 Å². The average Bonchev–Trinajstić information content (AvgIpc) is 2.65. The van der Waals surface area contributed by atoms with Crippen molar-refractivity contribution in [3.05, 3.63) is 108 Å². The van der Waals surface area contributed by atoms with Crippen molar-refractivity contribution < 1.29 is 12.4 Å². The first kappa shape index (κ1) is 19.2. The van der Waals surface area contributed by atoms with Crippen molar-refractivity contribution in [2.24, 2.45) is 0 Å². The molecule has 0 spiro atoms. The summed E-state index contributed by atoms with van der Waals surface area (Å²) >= 11 is 0. The maximum atomic E-state index is 3.52. The van der Waals surface area contributed by atoms with E-state index in [-0.39, 0.29) is 12.4 Å². The Bertz CT molecular complexity index is 748. The van der Waals surface area contributed by atoms with E-state index in [0.717, 1.165) is 0 Å². The number of allylic oxidation sites excluding steroid dienone is 1. The predicted molar refractivity (Wildman–Crippen MR) is 108 cm³/mol. The third-order valence-corrected chi connectivity index (χ3v) is 7.89. The second-order valence-electron chi connectivity index (χ2n) is 6.00. The molecule has 0 unspecified atom stereocenters. The molecule has 3 aromatic carbocycles. The van der Waals surface area contributed by atoms with Crippen molar-refractivity contribution >= 4 is 23.2 Å². The molecule has 0 saturated heterocycles. The highest BCUT2D eigenvalue weighted by molar-refractivity contribution is 7.98. The highest BCUT2D eigenvalue weighted by atomic mass is 35.5. The number of rotatable bonds is 4. The van der Waals surface area contributed by atoms with Gasteiger partial charge in [0.2, 0.25) is 0 Å². The Hall–Kier alpha value is -2.10. The molecule has 0 bridgehead atoms. The Morgan fingerprint density at radius 1 is 0.640 bits per heavy atom. The van der Waals surface area contributed by atoms with E-state index < -0.39 is 7.26 Å². The van der Waals surface area contributed by atoms with Gasteiger partial charge in [-0.1, -0.05) is 60.3 Å². The number of hydrogen-bond acceptors (Lipinski definition) is 0. The molecule has 0 aliphatic carbocycles. The minimum absolute atomic E-state index is 0. The zero-order valence-corrected chi connectivity index (χ0v) is 16.2. The molecule has 0 amide bonds. The van der Waals surface area contributed by atoms with Crippen LogP contribution in [0.25, 0.3) is 0 Å². The molecule has 0 nitrogen and oxygen atoms in total. The van der Waals surface area contributed by atoms with Gasteiger partial charge in [-0.25, -0.2) is 0 Å². The van der Waals surface area contributed by atoms with Gasteiger partial charge in [0.1, 0.15) is 29.0 Å². The predicted octanol–water partition coefficient (Wildman–Crippen LogP) is 2.06. The van der Waals surface area contributed by atoms with Crippen LogP contribution in [0.2, 0.25) is 0 Å². The van der Waals surface area contributed by atoms with Crippen LogP contribution in [-0.4, -0.2) is 0 Å². The van der Waals surface area contributed by atoms with E-state index in [1.54, 1.807) is 0 Å². The topological polar surface area (TPSA) is 0 Å². The molecule has 3 aromatic rings. The summed E-state index contributed by atoms with van der Waals surface area (Å²) in [7, 11) is -1.86. The summed E-state index contributed by atoms with van der Waals surface area (Å²) in [5.74, 6) is 2.32. The Kier molecular flexibility index (Phi) is 6.80. The molecule has 0 aliphatic heterocycles. The van der Waals surface area contributed by atoms with Crippen LogP contribution in [0.4, 0.5) is 0 Å². The molecule has 0 radical (unpaired) electrons. The van der Waals surface area contributed by atoms with Crippen LogP contribution in [0.1, 0.15) is 13.8 Å². The van der Waals surface area contributed by atoms with Crippen molar-refractivity contribution in [1.82, 2.24) is 0 Å². The molecule has 126 valence electrons. The Morgan fingerprint density at radius 2 is 0.960 bits per heavy atom. The van der Waals surface area contributed by atoms with Gasteiger partial charge in [-0.3, -0.25) is 0 Å². The molecule has 0 N–H and O–H groups in total. The average molecular weight is 365 g/mol. The lowest BCUT2D eigenvalue weighted by atomic mass is 10.4. The van der Waals surface area contributed by atoms with E-state index in [1.165, 1.54) is 21.5 Å². The Balaban J connectivity index is 0.00000225. The molecular weight excluding hydrogens is 343 g/mol. The summed E-state index contributed by atoms with van der Waals surface area (Å²) in [6.45, 7) is 4.21. The number of benzene rings is 3. The highest BCUT2D eigenvalue weighted by Crippen LogP contribution is 2.56.